The first-order valence-corrected chi connectivity index (χ1v) is 10.3. The molecule has 0 bridgehead atoms. The normalized spacial score (nSPS) is 21.9. The van der Waals surface area contributed by atoms with Crippen LogP contribution in [0.25, 0.3) is 0 Å². The molecule has 2 aliphatic heterocycles. The molecule has 150 valence electrons. The van der Waals surface area contributed by atoms with E-state index < -0.39 is 0 Å². The van der Waals surface area contributed by atoms with Gasteiger partial charge in [0.1, 0.15) is 0 Å². The van der Waals surface area contributed by atoms with Gasteiger partial charge >= 0.3 is 6.03 Å². The first-order chi connectivity index (χ1) is 13.1. The lowest BCUT2D eigenvalue weighted by atomic mass is 10.0. The van der Waals surface area contributed by atoms with E-state index in [2.05, 4.69) is 41.1 Å². The van der Waals surface area contributed by atoms with Crippen molar-refractivity contribution in [2.45, 2.75) is 39.3 Å². The van der Waals surface area contributed by atoms with Crippen LogP contribution in [0.15, 0.2) is 24.3 Å². The van der Waals surface area contributed by atoms with E-state index in [1.165, 1.54) is 12.0 Å². The summed E-state index contributed by atoms with van der Waals surface area (Å²) in [4.78, 5) is 18.6. The van der Waals surface area contributed by atoms with E-state index in [-0.39, 0.29) is 12.6 Å². The molecule has 0 radical (unpaired) electrons. The largest absolute Gasteiger partial charge is 0.396 e. The van der Waals surface area contributed by atoms with E-state index in [1.54, 1.807) is 4.90 Å². The highest BCUT2D eigenvalue weighted by atomic mass is 16.3. The number of benzene rings is 1. The molecule has 1 atom stereocenters. The Kier molecular flexibility index (Phi) is 7.10. The summed E-state index contributed by atoms with van der Waals surface area (Å²) in [5.74, 6) is 0.717. The van der Waals surface area contributed by atoms with Crippen molar-refractivity contribution < 1.29 is 9.90 Å². The molecule has 1 aromatic carbocycles. The van der Waals surface area contributed by atoms with Crippen molar-refractivity contribution in [3.05, 3.63) is 29.8 Å². The Hall–Kier alpha value is -1.63. The Labute approximate surface area is 163 Å². The van der Waals surface area contributed by atoms with Gasteiger partial charge in [-0.2, -0.15) is 0 Å². The number of hydrogen-bond donors (Lipinski definition) is 2. The van der Waals surface area contributed by atoms with Crippen molar-refractivity contribution in [1.82, 2.24) is 15.1 Å². The molecule has 0 aliphatic carbocycles. The second kappa shape index (κ2) is 9.53. The van der Waals surface area contributed by atoms with Crippen LogP contribution in [0.4, 0.5) is 10.5 Å². The summed E-state index contributed by atoms with van der Waals surface area (Å²) < 4.78 is 0. The average molecular weight is 375 g/mol. The fraction of sp³-hybridized carbons (Fsp3) is 0.667. The summed E-state index contributed by atoms with van der Waals surface area (Å²) in [5, 5.41) is 12.3. The van der Waals surface area contributed by atoms with Crippen LogP contribution in [-0.2, 0) is 6.54 Å². The molecule has 0 spiro atoms. The molecule has 1 unspecified atom stereocenters. The molecule has 6 heteroatoms. The highest BCUT2D eigenvalue weighted by molar-refractivity contribution is 5.93. The number of hydrogen-bond acceptors (Lipinski definition) is 4. The van der Waals surface area contributed by atoms with Gasteiger partial charge in [-0.3, -0.25) is 14.7 Å². The first kappa shape index (κ1) is 20.1. The molecular formula is C21H34N4O2. The monoisotopic (exact) mass is 374 g/mol. The van der Waals surface area contributed by atoms with Crippen LogP contribution < -0.4 is 10.2 Å². The van der Waals surface area contributed by atoms with Crippen LogP contribution in [0, 0.1) is 5.92 Å². The predicted molar refractivity (Wildman–Crippen MR) is 109 cm³/mol. The van der Waals surface area contributed by atoms with E-state index in [0.717, 1.165) is 51.4 Å². The summed E-state index contributed by atoms with van der Waals surface area (Å²) in [5.41, 5.74) is 2.24. The van der Waals surface area contributed by atoms with Crippen LogP contribution in [0.5, 0.6) is 0 Å². The summed E-state index contributed by atoms with van der Waals surface area (Å²) >= 11 is 0. The Morgan fingerprint density at radius 2 is 1.96 bits per heavy atom. The Morgan fingerprint density at radius 1 is 1.19 bits per heavy atom. The zero-order chi connectivity index (χ0) is 19.2. The van der Waals surface area contributed by atoms with Crippen molar-refractivity contribution in [2.75, 3.05) is 50.8 Å². The van der Waals surface area contributed by atoms with Crippen molar-refractivity contribution in [1.29, 1.82) is 0 Å². The quantitative estimate of drug-likeness (QED) is 0.732. The maximum Gasteiger partial charge on any atom is 0.321 e. The van der Waals surface area contributed by atoms with Gasteiger partial charge in [0.25, 0.3) is 0 Å². The molecule has 2 amide bonds. The number of nitrogens with zero attached hydrogens (tertiary/aromatic N) is 3. The van der Waals surface area contributed by atoms with Crippen LogP contribution in [0.2, 0.25) is 0 Å². The molecule has 6 nitrogen and oxygen atoms in total. The molecule has 2 fully saturated rings. The number of anilines is 1. The van der Waals surface area contributed by atoms with Crippen LogP contribution in [0.1, 0.15) is 32.3 Å². The van der Waals surface area contributed by atoms with Gasteiger partial charge in [0.2, 0.25) is 0 Å². The third-order valence-corrected chi connectivity index (χ3v) is 5.66. The van der Waals surface area contributed by atoms with Gasteiger partial charge in [0.15, 0.2) is 0 Å². The minimum atomic E-state index is -0.00730. The molecule has 0 aromatic heterocycles. The fourth-order valence-corrected chi connectivity index (χ4v) is 4.00. The van der Waals surface area contributed by atoms with E-state index in [4.69, 9.17) is 0 Å². The summed E-state index contributed by atoms with van der Waals surface area (Å²) in [7, 11) is 0. The van der Waals surface area contributed by atoms with Crippen LogP contribution >= 0.6 is 0 Å². The zero-order valence-corrected chi connectivity index (χ0v) is 16.7. The van der Waals surface area contributed by atoms with E-state index in [0.29, 0.717) is 18.5 Å². The van der Waals surface area contributed by atoms with Crippen molar-refractivity contribution in [3.63, 3.8) is 0 Å². The molecule has 2 N–H and O–H groups in total. The fourth-order valence-electron chi connectivity index (χ4n) is 4.00. The molecule has 0 saturated carbocycles. The number of urea groups is 1. The van der Waals surface area contributed by atoms with Gasteiger partial charge in [-0.1, -0.05) is 26.0 Å². The number of rotatable bonds is 8. The number of amides is 2. The number of piperazine rings is 1. The molecular weight excluding hydrogens is 340 g/mol. The van der Waals surface area contributed by atoms with Gasteiger partial charge < -0.3 is 10.4 Å². The van der Waals surface area contributed by atoms with E-state index >= 15 is 0 Å². The van der Waals surface area contributed by atoms with Crippen LogP contribution in [-0.4, -0.2) is 72.9 Å². The molecule has 1 aromatic rings. The minimum Gasteiger partial charge on any atom is -0.396 e. The summed E-state index contributed by atoms with van der Waals surface area (Å²) in [6.45, 7) is 11.4. The molecule has 3 rings (SSSR count). The predicted octanol–water partition coefficient (Wildman–Crippen LogP) is 2.13. The molecule has 27 heavy (non-hydrogen) atoms. The zero-order valence-electron chi connectivity index (χ0n) is 16.7. The summed E-state index contributed by atoms with van der Waals surface area (Å²) in [6, 6.07) is 8.79. The Morgan fingerprint density at radius 3 is 2.59 bits per heavy atom. The lowest BCUT2D eigenvalue weighted by Crippen LogP contribution is -2.53. The van der Waals surface area contributed by atoms with Gasteiger partial charge in [-0.25, -0.2) is 4.79 Å². The lowest BCUT2D eigenvalue weighted by Gasteiger charge is -2.41. The van der Waals surface area contributed by atoms with Gasteiger partial charge in [0.05, 0.1) is 0 Å². The maximum absolute atomic E-state index is 11.8. The Bertz CT molecular complexity index is 605. The third-order valence-electron chi connectivity index (χ3n) is 5.66. The second-order valence-corrected chi connectivity index (χ2v) is 8.17. The van der Waals surface area contributed by atoms with Crippen LogP contribution in [0.3, 0.4) is 0 Å². The topological polar surface area (TPSA) is 59.0 Å². The summed E-state index contributed by atoms with van der Waals surface area (Å²) in [6.07, 6.45) is 2.06. The smallest absolute Gasteiger partial charge is 0.321 e. The Balaban J connectivity index is 1.55. The number of aliphatic hydroxyl groups excluding tert-OH is 1. The molecule has 2 aliphatic rings. The molecule has 2 saturated heterocycles. The molecule has 2 heterocycles. The highest BCUT2D eigenvalue weighted by Crippen LogP contribution is 2.20. The standard InChI is InChI=1S/C21H34N4O2/c1-17(2)7-10-24-13-12-23(16-20(24)8-14-26)15-18-3-5-19(6-4-18)25-11-9-22-21(25)27/h3-6,17,20,26H,7-16H2,1-2H3,(H,22,27). The maximum atomic E-state index is 11.8. The average Bonchev–Trinajstić information content (AvgIpc) is 3.08. The number of carbonyl (C=O) groups excluding carboxylic acids is 1. The number of carbonyl (C=O) groups is 1. The lowest BCUT2D eigenvalue weighted by molar-refractivity contribution is 0.0524. The van der Waals surface area contributed by atoms with Crippen molar-refractivity contribution >= 4 is 11.7 Å². The van der Waals surface area contributed by atoms with Gasteiger partial charge in [-0.15, -0.1) is 0 Å². The number of aliphatic hydroxyl groups is 1. The van der Waals surface area contributed by atoms with E-state index in [1.807, 2.05) is 12.1 Å². The highest BCUT2D eigenvalue weighted by Gasteiger charge is 2.26. The van der Waals surface area contributed by atoms with E-state index in [9.17, 15) is 9.90 Å². The van der Waals surface area contributed by atoms with Gasteiger partial charge in [0, 0.05) is 57.6 Å². The van der Waals surface area contributed by atoms with Gasteiger partial charge in [-0.05, 0) is 43.0 Å². The second-order valence-electron chi connectivity index (χ2n) is 8.17. The number of nitrogens with one attached hydrogen (secondary N) is 1. The minimum absolute atomic E-state index is 0.00730. The third kappa shape index (κ3) is 5.43. The van der Waals surface area contributed by atoms with Crippen molar-refractivity contribution in [3.8, 4) is 0 Å². The SMILES string of the molecule is CC(C)CCN1CCN(Cc2ccc(N3CCNC3=O)cc2)CC1CCO. The van der Waals surface area contributed by atoms with Crippen molar-refractivity contribution in [2.24, 2.45) is 5.92 Å². The first-order valence-electron chi connectivity index (χ1n) is 10.3.